The van der Waals surface area contributed by atoms with E-state index in [2.05, 4.69) is 0 Å². The smallest absolute Gasteiger partial charge is 0.260 e. The lowest BCUT2D eigenvalue weighted by molar-refractivity contribution is -0.153. The van der Waals surface area contributed by atoms with Crippen molar-refractivity contribution in [2.45, 2.75) is 24.9 Å². The van der Waals surface area contributed by atoms with E-state index in [0.717, 1.165) is 5.56 Å². The topological polar surface area (TPSA) is 59.1 Å². The van der Waals surface area contributed by atoms with E-state index in [1.165, 1.54) is 4.90 Å². The summed E-state index contributed by atoms with van der Waals surface area (Å²) in [6.45, 7) is 2.29. The number of amides is 2. The van der Waals surface area contributed by atoms with Gasteiger partial charge in [0.2, 0.25) is 5.91 Å². The van der Waals surface area contributed by atoms with E-state index >= 15 is 4.39 Å². The molecular formula is C19H25FN2O4. The molecule has 2 aliphatic heterocycles. The van der Waals surface area contributed by atoms with Crippen molar-refractivity contribution in [2.24, 2.45) is 0 Å². The van der Waals surface area contributed by atoms with Gasteiger partial charge in [0.05, 0.1) is 26.7 Å². The van der Waals surface area contributed by atoms with Crippen LogP contribution in [-0.2, 0) is 20.7 Å². The number of carbonyl (C=O) groups is 2. The summed E-state index contributed by atoms with van der Waals surface area (Å²) in [7, 11) is 1.58. The maximum absolute atomic E-state index is 15.1. The van der Waals surface area contributed by atoms with Crippen molar-refractivity contribution in [3.63, 3.8) is 0 Å². The summed E-state index contributed by atoms with van der Waals surface area (Å²) in [4.78, 5) is 28.2. The van der Waals surface area contributed by atoms with Crippen LogP contribution in [0.1, 0.15) is 18.4 Å². The average molecular weight is 364 g/mol. The number of hydrogen-bond donors (Lipinski definition) is 0. The van der Waals surface area contributed by atoms with Crippen LogP contribution in [0.2, 0.25) is 0 Å². The molecule has 3 rings (SSSR count). The first-order chi connectivity index (χ1) is 12.5. The Hall–Kier alpha value is -2.15. The van der Waals surface area contributed by atoms with E-state index in [4.69, 9.17) is 9.47 Å². The van der Waals surface area contributed by atoms with Crippen LogP contribution in [0.25, 0.3) is 0 Å². The number of morpholine rings is 1. The Balaban J connectivity index is 1.55. The molecule has 0 N–H and O–H groups in total. The molecule has 2 aliphatic rings. The Morgan fingerprint density at radius 1 is 1.15 bits per heavy atom. The van der Waals surface area contributed by atoms with E-state index in [1.807, 2.05) is 24.3 Å². The number of piperidine rings is 1. The molecule has 0 spiro atoms. The molecule has 0 radical (unpaired) electrons. The Morgan fingerprint density at radius 3 is 2.50 bits per heavy atom. The lowest BCUT2D eigenvalue weighted by Gasteiger charge is -2.39. The van der Waals surface area contributed by atoms with E-state index in [0.29, 0.717) is 32.1 Å². The Labute approximate surface area is 152 Å². The van der Waals surface area contributed by atoms with Gasteiger partial charge >= 0.3 is 0 Å². The molecule has 0 atom stereocenters. The van der Waals surface area contributed by atoms with Crippen LogP contribution < -0.4 is 4.74 Å². The number of likely N-dealkylation sites (tertiary alicyclic amines) is 1. The zero-order valence-corrected chi connectivity index (χ0v) is 15.1. The first kappa shape index (κ1) is 18.6. The highest BCUT2D eigenvalue weighted by molar-refractivity contribution is 5.86. The molecule has 7 heteroatoms. The van der Waals surface area contributed by atoms with E-state index in [9.17, 15) is 9.59 Å². The standard InChI is InChI=1S/C19H25FN2O4/c1-25-16-4-2-3-15(13-16)14-17(23)21-7-5-19(20,6-8-21)18(24)22-9-11-26-12-10-22/h2-4,13H,5-12,14H2,1H3. The fraction of sp³-hybridized carbons (Fsp3) is 0.579. The summed E-state index contributed by atoms with van der Waals surface area (Å²) in [6.07, 6.45) is 0.341. The monoisotopic (exact) mass is 364 g/mol. The highest BCUT2D eigenvalue weighted by Gasteiger charge is 2.45. The van der Waals surface area contributed by atoms with Crippen LogP contribution >= 0.6 is 0 Å². The second-order valence-corrected chi connectivity index (χ2v) is 6.78. The number of carbonyl (C=O) groups excluding carboxylic acids is 2. The van der Waals surface area contributed by atoms with Gasteiger partial charge in [-0.3, -0.25) is 9.59 Å². The Kier molecular flexibility index (Phi) is 5.76. The molecule has 6 nitrogen and oxygen atoms in total. The first-order valence-corrected chi connectivity index (χ1v) is 8.98. The number of rotatable bonds is 4. The van der Waals surface area contributed by atoms with E-state index in [1.54, 1.807) is 12.0 Å². The minimum atomic E-state index is -1.87. The molecule has 2 heterocycles. The molecular weight excluding hydrogens is 339 g/mol. The van der Waals surface area contributed by atoms with E-state index < -0.39 is 11.6 Å². The fourth-order valence-electron chi connectivity index (χ4n) is 3.44. The van der Waals surface area contributed by atoms with Crippen LogP contribution in [0.4, 0.5) is 4.39 Å². The van der Waals surface area contributed by atoms with Crippen LogP contribution in [-0.4, -0.2) is 73.8 Å². The second kappa shape index (κ2) is 8.03. The molecule has 0 unspecified atom stereocenters. The van der Waals surface area contributed by atoms with Gasteiger partial charge in [-0.25, -0.2) is 4.39 Å². The summed E-state index contributed by atoms with van der Waals surface area (Å²) in [5.41, 5.74) is -1.01. The lowest BCUT2D eigenvalue weighted by atomic mass is 9.91. The summed E-state index contributed by atoms with van der Waals surface area (Å²) in [5, 5.41) is 0. The summed E-state index contributed by atoms with van der Waals surface area (Å²) in [6, 6.07) is 7.35. The quantitative estimate of drug-likeness (QED) is 0.811. The molecule has 0 aromatic heterocycles. The van der Waals surface area contributed by atoms with Gasteiger partial charge in [0.1, 0.15) is 5.75 Å². The normalized spacial score (nSPS) is 19.9. The number of nitrogens with zero attached hydrogens (tertiary/aromatic N) is 2. The molecule has 0 aliphatic carbocycles. The predicted octanol–water partition coefficient (Wildman–Crippen LogP) is 1.43. The molecule has 2 fully saturated rings. The molecule has 142 valence electrons. The van der Waals surface area contributed by atoms with Gasteiger partial charge in [-0.05, 0) is 17.7 Å². The maximum atomic E-state index is 15.1. The van der Waals surface area contributed by atoms with Crippen LogP contribution in [0, 0.1) is 0 Å². The van der Waals surface area contributed by atoms with Crippen molar-refractivity contribution in [2.75, 3.05) is 46.5 Å². The van der Waals surface area contributed by atoms with Gasteiger partial charge in [0.25, 0.3) is 5.91 Å². The Bertz CT molecular complexity index is 653. The number of halogens is 1. The number of hydrogen-bond acceptors (Lipinski definition) is 4. The van der Waals surface area contributed by atoms with Gasteiger partial charge in [-0.2, -0.15) is 0 Å². The number of methoxy groups -OCH3 is 1. The third-order valence-corrected chi connectivity index (χ3v) is 5.08. The van der Waals surface area contributed by atoms with E-state index in [-0.39, 0.29) is 38.3 Å². The van der Waals surface area contributed by atoms with Crippen molar-refractivity contribution in [1.29, 1.82) is 0 Å². The number of alkyl halides is 1. The largest absolute Gasteiger partial charge is 0.497 e. The third kappa shape index (κ3) is 4.15. The molecule has 2 saturated heterocycles. The SMILES string of the molecule is COc1cccc(CC(=O)N2CCC(F)(C(=O)N3CCOCC3)CC2)c1. The molecule has 1 aromatic rings. The first-order valence-electron chi connectivity index (χ1n) is 8.98. The predicted molar refractivity (Wildman–Crippen MR) is 93.8 cm³/mol. The molecule has 0 saturated carbocycles. The van der Waals surface area contributed by atoms with Crippen LogP contribution in [0.15, 0.2) is 24.3 Å². The van der Waals surface area contributed by atoms with Crippen molar-refractivity contribution in [3.05, 3.63) is 29.8 Å². The Morgan fingerprint density at radius 2 is 1.85 bits per heavy atom. The molecule has 0 bridgehead atoms. The zero-order valence-electron chi connectivity index (χ0n) is 15.1. The summed E-state index contributed by atoms with van der Waals surface area (Å²) >= 11 is 0. The average Bonchev–Trinajstić information content (AvgIpc) is 2.68. The maximum Gasteiger partial charge on any atom is 0.260 e. The minimum absolute atomic E-state index is 0.0487. The van der Waals surface area contributed by atoms with Gasteiger partial charge < -0.3 is 19.3 Å². The van der Waals surface area contributed by atoms with Gasteiger partial charge in [-0.1, -0.05) is 12.1 Å². The molecule has 2 amide bonds. The lowest BCUT2D eigenvalue weighted by Crippen LogP contribution is -2.55. The van der Waals surface area contributed by atoms with Crippen molar-refractivity contribution in [1.82, 2.24) is 9.80 Å². The van der Waals surface area contributed by atoms with Gasteiger partial charge in [0, 0.05) is 39.0 Å². The molecule has 26 heavy (non-hydrogen) atoms. The van der Waals surface area contributed by atoms with Gasteiger partial charge in [0.15, 0.2) is 5.67 Å². The third-order valence-electron chi connectivity index (χ3n) is 5.08. The second-order valence-electron chi connectivity index (χ2n) is 6.78. The fourth-order valence-corrected chi connectivity index (χ4v) is 3.44. The highest BCUT2D eigenvalue weighted by Crippen LogP contribution is 2.29. The van der Waals surface area contributed by atoms with Crippen molar-refractivity contribution >= 4 is 11.8 Å². The number of benzene rings is 1. The van der Waals surface area contributed by atoms with Crippen molar-refractivity contribution in [3.8, 4) is 5.75 Å². The van der Waals surface area contributed by atoms with Gasteiger partial charge in [-0.15, -0.1) is 0 Å². The molecule has 1 aromatic carbocycles. The van der Waals surface area contributed by atoms with Crippen LogP contribution in [0.5, 0.6) is 5.75 Å². The minimum Gasteiger partial charge on any atom is -0.497 e. The number of ether oxygens (including phenoxy) is 2. The summed E-state index contributed by atoms with van der Waals surface area (Å²) < 4.78 is 25.5. The van der Waals surface area contributed by atoms with Crippen LogP contribution in [0.3, 0.4) is 0 Å². The zero-order chi connectivity index (χ0) is 18.6. The highest BCUT2D eigenvalue weighted by atomic mass is 19.1. The summed E-state index contributed by atoms with van der Waals surface area (Å²) in [5.74, 6) is 0.188. The van der Waals surface area contributed by atoms with Crippen molar-refractivity contribution < 1.29 is 23.5 Å².